The SMILES string of the molecule is CCOc1ccc2nc(NC(=O)c3cc4c(=O)c5ccccc5oc4o3)sc2c1. The number of rotatable bonds is 4. The van der Waals surface area contributed by atoms with Gasteiger partial charge in [0.05, 0.1) is 22.2 Å². The molecule has 0 unspecified atom stereocenters. The second kappa shape index (κ2) is 6.75. The van der Waals surface area contributed by atoms with Crippen molar-refractivity contribution in [1.29, 1.82) is 0 Å². The Morgan fingerprint density at radius 3 is 2.86 bits per heavy atom. The molecule has 29 heavy (non-hydrogen) atoms. The molecule has 7 nitrogen and oxygen atoms in total. The molecule has 0 bridgehead atoms. The highest BCUT2D eigenvalue weighted by molar-refractivity contribution is 7.22. The maximum Gasteiger partial charge on any atom is 0.302 e. The fourth-order valence-electron chi connectivity index (χ4n) is 3.08. The molecule has 5 aromatic rings. The van der Waals surface area contributed by atoms with Gasteiger partial charge in [0.1, 0.15) is 16.7 Å². The summed E-state index contributed by atoms with van der Waals surface area (Å²) in [5, 5.41) is 3.79. The number of hydrogen-bond acceptors (Lipinski definition) is 7. The van der Waals surface area contributed by atoms with E-state index in [0.717, 1.165) is 16.0 Å². The summed E-state index contributed by atoms with van der Waals surface area (Å²) in [7, 11) is 0. The minimum absolute atomic E-state index is 0.0181. The lowest BCUT2D eigenvalue weighted by atomic mass is 10.2. The number of aromatic nitrogens is 1. The molecule has 5 rings (SSSR count). The fraction of sp³-hybridized carbons (Fsp3) is 0.0952. The number of ether oxygens (including phenoxy) is 1. The van der Waals surface area contributed by atoms with Gasteiger partial charge < -0.3 is 13.6 Å². The van der Waals surface area contributed by atoms with Crippen LogP contribution in [0.25, 0.3) is 32.4 Å². The molecule has 0 aliphatic rings. The summed E-state index contributed by atoms with van der Waals surface area (Å²) in [6.45, 7) is 2.49. The number of para-hydroxylation sites is 1. The molecule has 1 amide bonds. The van der Waals surface area contributed by atoms with Crippen molar-refractivity contribution in [2.45, 2.75) is 6.92 Å². The number of furan rings is 1. The molecule has 3 aromatic heterocycles. The first-order chi connectivity index (χ1) is 14.1. The van der Waals surface area contributed by atoms with Crippen molar-refractivity contribution in [3.05, 3.63) is 64.5 Å². The zero-order valence-electron chi connectivity index (χ0n) is 15.2. The van der Waals surface area contributed by atoms with Crippen LogP contribution < -0.4 is 15.5 Å². The Hall–Kier alpha value is -3.65. The molecule has 3 heterocycles. The molecule has 0 radical (unpaired) electrons. The van der Waals surface area contributed by atoms with E-state index in [-0.39, 0.29) is 22.4 Å². The summed E-state index contributed by atoms with van der Waals surface area (Å²) < 4.78 is 17.5. The van der Waals surface area contributed by atoms with Crippen LogP contribution in [0.2, 0.25) is 0 Å². The molecule has 0 saturated carbocycles. The van der Waals surface area contributed by atoms with Crippen LogP contribution in [0.3, 0.4) is 0 Å². The molecular formula is C21H14N2O5S. The molecule has 0 atom stereocenters. The van der Waals surface area contributed by atoms with Crippen LogP contribution in [0.15, 0.2) is 62.2 Å². The number of carbonyl (C=O) groups excluding carboxylic acids is 1. The van der Waals surface area contributed by atoms with Crippen LogP contribution in [0.4, 0.5) is 5.13 Å². The normalized spacial score (nSPS) is 11.3. The number of nitrogens with zero attached hydrogens (tertiary/aromatic N) is 1. The Morgan fingerprint density at radius 1 is 1.14 bits per heavy atom. The number of fused-ring (bicyclic) bond motifs is 3. The Labute approximate surface area is 167 Å². The van der Waals surface area contributed by atoms with Crippen molar-refractivity contribution in [2.24, 2.45) is 0 Å². The lowest BCUT2D eigenvalue weighted by Crippen LogP contribution is -2.10. The minimum Gasteiger partial charge on any atom is -0.494 e. The van der Waals surface area contributed by atoms with Crippen molar-refractivity contribution >= 4 is 54.7 Å². The molecular weight excluding hydrogens is 392 g/mol. The zero-order chi connectivity index (χ0) is 20.0. The molecule has 0 spiro atoms. The minimum atomic E-state index is -0.510. The van der Waals surface area contributed by atoms with Gasteiger partial charge in [-0.2, -0.15) is 0 Å². The van der Waals surface area contributed by atoms with Crippen LogP contribution in [0.1, 0.15) is 17.5 Å². The highest BCUT2D eigenvalue weighted by Gasteiger charge is 2.19. The van der Waals surface area contributed by atoms with Gasteiger partial charge in [0.25, 0.3) is 5.91 Å². The van der Waals surface area contributed by atoms with Gasteiger partial charge >= 0.3 is 5.78 Å². The van der Waals surface area contributed by atoms with E-state index in [1.54, 1.807) is 24.3 Å². The van der Waals surface area contributed by atoms with Crippen molar-refractivity contribution in [2.75, 3.05) is 11.9 Å². The molecule has 8 heteroatoms. The molecule has 144 valence electrons. The Bertz CT molecular complexity index is 1450. The fourth-order valence-corrected chi connectivity index (χ4v) is 3.97. The lowest BCUT2D eigenvalue weighted by molar-refractivity contribution is 0.0997. The van der Waals surface area contributed by atoms with Crippen LogP contribution in [0, 0.1) is 0 Å². The van der Waals surface area contributed by atoms with Crippen molar-refractivity contribution in [3.8, 4) is 5.75 Å². The van der Waals surface area contributed by atoms with Crippen molar-refractivity contribution in [3.63, 3.8) is 0 Å². The molecule has 1 N–H and O–H groups in total. The summed E-state index contributed by atoms with van der Waals surface area (Å²) in [5.74, 6) is 0.231. The monoisotopic (exact) mass is 406 g/mol. The first-order valence-electron chi connectivity index (χ1n) is 8.92. The van der Waals surface area contributed by atoms with E-state index in [1.807, 2.05) is 25.1 Å². The topological polar surface area (TPSA) is 94.6 Å². The molecule has 2 aromatic carbocycles. The third-order valence-corrected chi connectivity index (χ3v) is 5.33. The van der Waals surface area contributed by atoms with E-state index >= 15 is 0 Å². The van der Waals surface area contributed by atoms with Gasteiger partial charge in [-0.05, 0) is 37.3 Å². The third kappa shape index (κ3) is 3.03. The number of carbonyl (C=O) groups is 1. The first-order valence-corrected chi connectivity index (χ1v) is 9.74. The van der Waals surface area contributed by atoms with Gasteiger partial charge in [0, 0.05) is 6.07 Å². The summed E-state index contributed by atoms with van der Waals surface area (Å²) in [5.41, 5.74) is 0.914. The van der Waals surface area contributed by atoms with Gasteiger partial charge in [-0.1, -0.05) is 23.5 Å². The van der Waals surface area contributed by atoms with Gasteiger partial charge in [0.15, 0.2) is 10.9 Å². The van der Waals surface area contributed by atoms with E-state index in [4.69, 9.17) is 13.6 Å². The number of thiazole rings is 1. The van der Waals surface area contributed by atoms with E-state index in [9.17, 15) is 9.59 Å². The average Bonchev–Trinajstić information content (AvgIpc) is 3.32. The second-order valence-corrected chi connectivity index (χ2v) is 7.31. The standard InChI is InChI=1S/C21H14N2O5S/c1-2-26-11-7-8-14-17(9-11)29-21(22-14)23-19(25)16-10-13-18(24)12-5-3-4-6-15(12)27-20(13)28-16/h3-10H,2H2,1H3,(H,22,23,25). The average molecular weight is 406 g/mol. The first kappa shape index (κ1) is 17.4. The lowest BCUT2D eigenvalue weighted by Gasteiger charge is -2.00. The third-order valence-electron chi connectivity index (χ3n) is 4.39. The van der Waals surface area contributed by atoms with Crippen LogP contribution in [-0.2, 0) is 0 Å². The van der Waals surface area contributed by atoms with E-state index in [1.165, 1.54) is 17.4 Å². The van der Waals surface area contributed by atoms with Crippen LogP contribution in [-0.4, -0.2) is 17.5 Å². The Kier molecular flexibility index (Phi) is 4.06. The smallest absolute Gasteiger partial charge is 0.302 e. The summed E-state index contributed by atoms with van der Waals surface area (Å²) in [6, 6.07) is 13.8. The molecule has 0 aliphatic carbocycles. The van der Waals surface area contributed by atoms with Gasteiger partial charge in [0.2, 0.25) is 5.43 Å². The zero-order valence-corrected chi connectivity index (χ0v) is 16.0. The predicted molar refractivity (Wildman–Crippen MR) is 111 cm³/mol. The molecule has 0 saturated heterocycles. The van der Waals surface area contributed by atoms with Gasteiger partial charge in [-0.3, -0.25) is 14.9 Å². The largest absolute Gasteiger partial charge is 0.494 e. The summed E-state index contributed by atoms with van der Waals surface area (Å²) in [4.78, 5) is 29.6. The number of hydrogen-bond donors (Lipinski definition) is 1. The Balaban J connectivity index is 1.48. The maximum absolute atomic E-state index is 12.6. The van der Waals surface area contributed by atoms with Gasteiger partial charge in [-0.25, -0.2) is 4.98 Å². The predicted octanol–water partition coefficient (Wildman–Crippen LogP) is 4.80. The number of benzene rings is 2. The number of amides is 1. The van der Waals surface area contributed by atoms with Crippen molar-refractivity contribution in [1.82, 2.24) is 4.98 Å². The highest BCUT2D eigenvalue weighted by atomic mass is 32.1. The second-order valence-electron chi connectivity index (χ2n) is 6.27. The summed E-state index contributed by atoms with van der Waals surface area (Å²) in [6.07, 6.45) is 0. The number of nitrogens with one attached hydrogen (secondary N) is 1. The molecule has 0 fully saturated rings. The number of anilines is 1. The summed E-state index contributed by atoms with van der Waals surface area (Å²) >= 11 is 1.32. The van der Waals surface area contributed by atoms with Crippen molar-refractivity contribution < 1.29 is 18.4 Å². The van der Waals surface area contributed by atoms with Crippen LogP contribution >= 0.6 is 11.3 Å². The molecule has 0 aliphatic heterocycles. The maximum atomic E-state index is 12.6. The Morgan fingerprint density at radius 2 is 2.00 bits per heavy atom. The van der Waals surface area contributed by atoms with Crippen LogP contribution in [0.5, 0.6) is 5.75 Å². The van der Waals surface area contributed by atoms with Gasteiger partial charge in [-0.15, -0.1) is 0 Å². The highest BCUT2D eigenvalue weighted by Crippen LogP contribution is 2.30. The quantitative estimate of drug-likeness (QED) is 0.461. The van der Waals surface area contributed by atoms with E-state index in [2.05, 4.69) is 10.3 Å². The van der Waals surface area contributed by atoms with E-state index < -0.39 is 5.91 Å². The van der Waals surface area contributed by atoms with E-state index in [0.29, 0.717) is 22.7 Å².